The second kappa shape index (κ2) is 10.2. The summed E-state index contributed by atoms with van der Waals surface area (Å²) in [7, 11) is 3.80. The number of nitrogens with one attached hydrogen (secondary N) is 2. The zero-order valence-corrected chi connectivity index (χ0v) is 20.3. The number of fused-ring (bicyclic) bond motifs is 1. The van der Waals surface area contributed by atoms with Gasteiger partial charge < -0.3 is 24.8 Å². The molecule has 0 spiro atoms. The number of hydrogen-bond acceptors (Lipinski definition) is 5. The molecule has 2 aromatic carbocycles. The summed E-state index contributed by atoms with van der Waals surface area (Å²) >= 11 is 0. The lowest BCUT2D eigenvalue weighted by Gasteiger charge is -2.33. The van der Waals surface area contributed by atoms with Gasteiger partial charge >= 0.3 is 0 Å². The van der Waals surface area contributed by atoms with Crippen LogP contribution in [0.1, 0.15) is 12.0 Å². The van der Waals surface area contributed by atoms with E-state index in [9.17, 15) is 4.79 Å². The van der Waals surface area contributed by atoms with Crippen LogP contribution in [0, 0.1) is 0 Å². The number of piperazine rings is 1. The van der Waals surface area contributed by atoms with Crippen molar-refractivity contribution < 1.29 is 9.53 Å². The van der Waals surface area contributed by atoms with Crippen molar-refractivity contribution in [1.82, 2.24) is 14.9 Å². The lowest BCUT2D eigenvalue weighted by Crippen LogP contribution is -2.44. The highest BCUT2D eigenvalue weighted by atomic mass is 16.5. The molecule has 1 fully saturated rings. The maximum absolute atomic E-state index is 12.8. The van der Waals surface area contributed by atoms with Gasteiger partial charge in [-0.05, 0) is 67.1 Å². The van der Waals surface area contributed by atoms with E-state index in [0.717, 1.165) is 71.2 Å². The Hall–Kier alpha value is -3.84. The van der Waals surface area contributed by atoms with E-state index in [1.54, 1.807) is 13.3 Å². The normalized spacial score (nSPS) is 14.3. The van der Waals surface area contributed by atoms with E-state index < -0.39 is 0 Å². The second-order valence-electron chi connectivity index (χ2n) is 9.00. The summed E-state index contributed by atoms with van der Waals surface area (Å²) in [5.41, 5.74) is 5.05. The van der Waals surface area contributed by atoms with Crippen LogP contribution in [-0.2, 0) is 11.2 Å². The summed E-state index contributed by atoms with van der Waals surface area (Å²) in [6, 6.07) is 20.1. The summed E-state index contributed by atoms with van der Waals surface area (Å²) in [5.74, 6) is 1.75. The number of methoxy groups -OCH3 is 1. The first-order valence-electron chi connectivity index (χ1n) is 12.0. The fraction of sp³-hybridized carbons (Fsp3) is 0.286. The molecule has 5 rings (SSSR count). The molecule has 1 saturated heterocycles. The average molecular weight is 470 g/mol. The minimum atomic E-state index is -0.0230. The number of rotatable bonds is 7. The van der Waals surface area contributed by atoms with Gasteiger partial charge in [0, 0.05) is 49.2 Å². The van der Waals surface area contributed by atoms with Gasteiger partial charge in [-0.3, -0.25) is 4.79 Å². The number of benzene rings is 2. The van der Waals surface area contributed by atoms with E-state index in [0.29, 0.717) is 12.8 Å². The molecule has 35 heavy (non-hydrogen) atoms. The van der Waals surface area contributed by atoms with Gasteiger partial charge in [0.15, 0.2) is 0 Å². The largest absolute Gasteiger partial charge is 0.497 e. The lowest BCUT2D eigenvalue weighted by molar-refractivity contribution is -0.116. The summed E-state index contributed by atoms with van der Waals surface area (Å²) in [5, 5.41) is 4.15. The molecule has 2 N–H and O–H groups in total. The van der Waals surface area contributed by atoms with Crippen LogP contribution in [0.5, 0.6) is 5.75 Å². The van der Waals surface area contributed by atoms with Crippen LogP contribution in [0.3, 0.4) is 0 Å². The predicted molar refractivity (Wildman–Crippen MR) is 141 cm³/mol. The minimum absolute atomic E-state index is 0.0230. The van der Waals surface area contributed by atoms with Gasteiger partial charge in [-0.1, -0.05) is 18.2 Å². The van der Waals surface area contributed by atoms with Crippen LogP contribution >= 0.6 is 0 Å². The third kappa shape index (κ3) is 5.15. The monoisotopic (exact) mass is 469 g/mol. The number of ether oxygens (including phenoxy) is 1. The molecule has 0 saturated carbocycles. The Balaban J connectivity index is 1.27. The molecule has 7 heteroatoms. The molecule has 0 atom stereocenters. The highest BCUT2D eigenvalue weighted by Crippen LogP contribution is 2.32. The number of carbonyl (C=O) groups is 1. The van der Waals surface area contributed by atoms with E-state index in [-0.39, 0.29) is 5.91 Å². The smallest absolute Gasteiger partial charge is 0.224 e. The standard InChI is InChI=1S/C28H31N5O2/c1-32-15-17-33(18-16-32)26-13-9-21(19-29-26)30-27(34)14-12-24-23-5-3-4-6-25(23)31-28(24)20-7-10-22(35-2)11-8-20/h3-11,13,19,31H,12,14-18H2,1-2H3,(H,30,34). The Morgan fingerprint density at radius 2 is 1.80 bits per heavy atom. The predicted octanol–water partition coefficient (Wildman–Crippen LogP) is 4.56. The fourth-order valence-electron chi connectivity index (χ4n) is 4.61. The molecule has 1 aliphatic heterocycles. The number of aryl methyl sites for hydroxylation is 1. The third-order valence-electron chi connectivity index (χ3n) is 6.65. The number of amides is 1. The molecule has 180 valence electrons. The van der Waals surface area contributed by atoms with Crippen molar-refractivity contribution in [2.75, 3.05) is 50.6 Å². The Kier molecular flexibility index (Phi) is 6.68. The number of anilines is 2. The van der Waals surface area contributed by atoms with Crippen molar-refractivity contribution in [2.24, 2.45) is 0 Å². The van der Waals surface area contributed by atoms with Gasteiger partial charge in [0.1, 0.15) is 11.6 Å². The fourth-order valence-corrected chi connectivity index (χ4v) is 4.61. The van der Waals surface area contributed by atoms with Gasteiger partial charge in [0.2, 0.25) is 5.91 Å². The van der Waals surface area contributed by atoms with E-state index in [4.69, 9.17) is 4.74 Å². The van der Waals surface area contributed by atoms with Crippen molar-refractivity contribution in [1.29, 1.82) is 0 Å². The molecule has 7 nitrogen and oxygen atoms in total. The number of aromatic nitrogens is 2. The molecule has 1 amide bonds. The Bertz CT molecular complexity index is 1290. The summed E-state index contributed by atoms with van der Waals surface area (Å²) in [6.45, 7) is 4.01. The van der Waals surface area contributed by atoms with Crippen LogP contribution in [0.25, 0.3) is 22.2 Å². The highest BCUT2D eigenvalue weighted by Gasteiger charge is 2.17. The quantitative estimate of drug-likeness (QED) is 0.415. The maximum atomic E-state index is 12.8. The molecule has 0 aliphatic carbocycles. The van der Waals surface area contributed by atoms with Gasteiger partial charge in [0.05, 0.1) is 19.0 Å². The number of likely N-dealkylation sites (N-methyl/N-ethyl adjacent to an activating group) is 1. The van der Waals surface area contributed by atoms with Crippen LogP contribution in [0.2, 0.25) is 0 Å². The molecule has 2 aromatic heterocycles. The van der Waals surface area contributed by atoms with Gasteiger partial charge in [-0.25, -0.2) is 4.98 Å². The van der Waals surface area contributed by atoms with Crippen LogP contribution in [-0.4, -0.2) is 61.1 Å². The zero-order chi connectivity index (χ0) is 24.2. The first kappa shape index (κ1) is 22.9. The van der Waals surface area contributed by atoms with Gasteiger partial charge in [-0.15, -0.1) is 0 Å². The molecule has 0 radical (unpaired) electrons. The number of carbonyl (C=O) groups excluding carboxylic acids is 1. The van der Waals surface area contributed by atoms with E-state index in [1.807, 2.05) is 48.5 Å². The van der Waals surface area contributed by atoms with Gasteiger partial charge in [0.25, 0.3) is 0 Å². The van der Waals surface area contributed by atoms with Crippen molar-refractivity contribution >= 4 is 28.3 Å². The highest BCUT2D eigenvalue weighted by molar-refractivity contribution is 5.94. The number of hydrogen-bond donors (Lipinski definition) is 2. The molecular formula is C28H31N5O2. The van der Waals surface area contributed by atoms with E-state index >= 15 is 0 Å². The number of nitrogens with zero attached hydrogens (tertiary/aromatic N) is 3. The van der Waals surface area contributed by atoms with Crippen molar-refractivity contribution in [3.05, 3.63) is 72.4 Å². The summed E-state index contributed by atoms with van der Waals surface area (Å²) in [6.07, 6.45) is 2.76. The minimum Gasteiger partial charge on any atom is -0.497 e. The number of para-hydroxylation sites is 1. The number of H-pyrrole nitrogens is 1. The second-order valence-corrected chi connectivity index (χ2v) is 9.00. The topological polar surface area (TPSA) is 73.5 Å². The zero-order valence-electron chi connectivity index (χ0n) is 20.3. The first-order valence-corrected chi connectivity index (χ1v) is 12.0. The Morgan fingerprint density at radius 1 is 1.03 bits per heavy atom. The summed E-state index contributed by atoms with van der Waals surface area (Å²) < 4.78 is 5.30. The molecule has 1 aliphatic rings. The molecule has 0 unspecified atom stereocenters. The first-order chi connectivity index (χ1) is 17.1. The van der Waals surface area contributed by atoms with Crippen molar-refractivity contribution in [3.8, 4) is 17.0 Å². The molecule has 3 heterocycles. The van der Waals surface area contributed by atoms with Gasteiger partial charge in [-0.2, -0.15) is 0 Å². The SMILES string of the molecule is COc1ccc(-c2[nH]c3ccccc3c2CCC(=O)Nc2ccc(N3CCN(C)CC3)nc2)cc1. The Labute approximate surface area is 205 Å². The van der Waals surface area contributed by atoms with Crippen LogP contribution < -0.4 is 15.0 Å². The van der Waals surface area contributed by atoms with E-state index in [2.05, 4.69) is 44.3 Å². The van der Waals surface area contributed by atoms with Crippen LogP contribution in [0.4, 0.5) is 11.5 Å². The van der Waals surface area contributed by atoms with Crippen molar-refractivity contribution in [3.63, 3.8) is 0 Å². The number of aromatic amines is 1. The lowest BCUT2D eigenvalue weighted by atomic mass is 10.0. The maximum Gasteiger partial charge on any atom is 0.224 e. The Morgan fingerprint density at radius 3 is 2.51 bits per heavy atom. The molecule has 4 aromatic rings. The molecular weight excluding hydrogens is 438 g/mol. The summed E-state index contributed by atoms with van der Waals surface area (Å²) in [4.78, 5) is 25.5. The number of pyridine rings is 1. The molecule has 0 bridgehead atoms. The van der Waals surface area contributed by atoms with Crippen molar-refractivity contribution in [2.45, 2.75) is 12.8 Å². The third-order valence-corrected chi connectivity index (χ3v) is 6.65. The van der Waals surface area contributed by atoms with E-state index in [1.165, 1.54) is 0 Å². The average Bonchev–Trinajstić information content (AvgIpc) is 3.27. The van der Waals surface area contributed by atoms with Crippen LogP contribution in [0.15, 0.2) is 66.9 Å².